The van der Waals surface area contributed by atoms with Gasteiger partial charge in [0, 0.05) is 29.3 Å². The molecule has 0 saturated carbocycles. The van der Waals surface area contributed by atoms with Crippen LogP contribution < -0.4 is 5.32 Å². The van der Waals surface area contributed by atoms with Crippen LogP contribution in [-0.4, -0.2) is 20.3 Å². The Bertz CT molecular complexity index is 1070. The van der Waals surface area contributed by atoms with E-state index < -0.39 is 0 Å². The summed E-state index contributed by atoms with van der Waals surface area (Å²) in [6.45, 7) is 2.01. The molecule has 0 atom stereocenters. The van der Waals surface area contributed by atoms with Gasteiger partial charge in [0.2, 0.25) is 11.7 Å². The zero-order chi connectivity index (χ0) is 17.9. The number of aromatic nitrogens is 3. The van der Waals surface area contributed by atoms with Gasteiger partial charge in [-0.15, -0.1) is 0 Å². The molecule has 0 unspecified atom stereocenters. The number of fused-ring (bicyclic) bond motifs is 1. The Morgan fingerprint density at radius 3 is 2.73 bits per heavy atom. The van der Waals surface area contributed by atoms with Crippen molar-refractivity contribution in [3.05, 3.63) is 84.3 Å². The summed E-state index contributed by atoms with van der Waals surface area (Å²) in [5, 5.41) is 2.96. The normalized spacial score (nSPS) is 10.8. The fourth-order valence-corrected chi connectivity index (χ4v) is 3.01. The van der Waals surface area contributed by atoms with Crippen molar-refractivity contribution in [2.24, 2.45) is 0 Å². The number of imidazole rings is 1. The van der Waals surface area contributed by atoms with Crippen LogP contribution in [0.4, 0.5) is 5.69 Å². The molecule has 4 aromatic rings. The van der Waals surface area contributed by atoms with E-state index in [1.807, 2.05) is 78.2 Å². The molecule has 0 aliphatic carbocycles. The van der Waals surface area contributed by atoms with Gasteiger partial charge in [-0.1, -0.05) is 42.5 Å². The van der Waals surface area contributed by atoms with Gasteiger partial charge >= 0.3 is 0 Å². The maximum Gasteiger partial charge on any atom is 0.234 e. The molecule has 0 spiro atoms. The predicted molar refractivity (Wildman–Crippen MR) is 102 cm³/mol. The lowest BCUT2D eigenvalue weighted by atomic mass is 10.1. The van der Waals surface area contributed by atoms with Crippen LogP contribution in [0.1, 0.15) is 11.3 Å². The van der Waals surface area contributed by atoms with E-state index in [2.05, 4.69) is 15.3 Å². The zero-order valence-corrected chi connectivity index (χ0v) is 14.4. The first-order valence-electron chi connectivity index (χ1n) is 8.44. The number of aryl methyl sites for hydroxylation is 1. The monoisotopic (exact) mass is 342 g/mol. The highest BCUT2D eigenvalue weighted by molar-refractivity contribution is 5.93. The molecular formula is C21H18N4O. The molecule has 0 aliphatic heterocycles. The number of hydrogen-bond donors (Lipinski definition) is 1. The molecule has 0 aliphatic rings. The summed E-state index contributed by atoms with van der Waals surface area (Å²) in [7, 11) is 0. The predicted octanol–water partition coefficient (Wildman–Crippen LogP) is 3.89. The summed E-state index contributed by atoms with van der Waals surface area (Å²) >= 11 is 0. The first kappa shape index (κ1) is 16.0. The Morgan fingerprint density at radius 1 is 1.08 bits per heavy atom. The highest BCUT2D eigenvalue weighted by Crippen LogP contribution is 2.25. The number of hydrogen-bond acceptors (Lipinski definition) is 3. The molecule has 1 amide bonds. The van der Waals surface area contributed by atoms with E-state index in [0.29, 0.717) is 12.2 Å². The van der Waals surface area contributed by atoms with Crippen molar-refractivity contribution in [3.63, 3.8) is 0 Å². The molecule has 4 rings (SSSR count). The summed E-state index contributed by atoms with van der Waals surface area (Å²) in [4.78, 5) is 21.2. The van der Waals surface area contributed by atoms with Crippen molar-refractivity contribution >= 4 is 17.4 Å². The quantitative estimate of drug-likeness (QED) is 0.612. The Kier molecular flexibility index (Phi) is 4.19. The van der Waals surface area contributed by atoms with E-state index in [1.54, 1.807) is 6.20 Å². The number of nitrogens with one attached hydrogen (secondary N) is 1. The van der Waals surface area contributed by atoms with Crippen LogP contribution in [-0.2, 0) is 11.2 Å². The topological polar surface area (TPSA) is 59.3 Å². The van der Waals surface area contributed by atoms with E-state index in [4.69, 9.17) is 0 Å². The van der Waals surface area contributed by atoms with Gasteiger partial charge < -0.3 is 5.32 Å². The number of carbonyl (C=O) groups is 1. The lowest BCUT2D eigenvalue weighted by Crippen LogP contribution is -2.14. The Labute approximate surface area is 151 Å². The maximum absolute atomic E-state index is 12.3. The van der Waals surface area contributed by atoms with Crippen LogP contribution in [0.3, 0.4) is 0 Å². The molecular weight excluding hydrogens is 324 g/mol. The van der Waals surface area contributed by atoms with Gasteiger partial charge in [-0.05, 0) is 30.7 Å². The van der Waals surface area contributed by atoms with Crippen LogP contribution in [0.5, 0.6) is 0 Å². The van der Waals surface area contributed by atoms with Crippen LogP contribution in [0.25, 0.3) is 17.0 Å². The summed E-state index contributed by atoms with van der Waals surface area (Å²) in [5.41, 5.74) is 4.57. The van der Waals surface area contributed by atoms with E-state index >= 15 is 0 Å². The van der Waals surface area contributed by atoms with Gasteiger partial charge in [0.1, 0.15) is 0 Å². The fourth-order valence-electron chi connectivity index (χ4n) is 3.01. The van der Waals surface area contributed by atoms with Gasteiger partial charge in [-0.25, -0.2) is 9.97 Å². The molecule has 0 bridgehead atoms. The van der Waals surface area contributed by atoms with Gasteiger partial charge in [-0.2, -0.15) is 0 Å². The standard InChI is InChI=1S/C21H18N4O/c1-15-20(24-21-22-11-6-12-25(15)21)17-9-5-10-18(14-17)23-19(26)13-16-7-3-2-4-8-16/h2-12,14H,13H2,1H3,(H,23,26). The van der Waals surface area contributed by atoms with Gasteiger partial charge in [-0.3, -0.25) is 9.20 Å². The second-order valence-corrected chi connectivity index (χ2v) is 6.13. The highest BCUT2D eigenvalue weighted by atomic mass is 16.1. The maximum atomic E-state index is 12.3. The highest BCUT2D eigenvalue weighted by Gasteiger charge is 2.12. The first-order valence-corrected chi connectivity index (χ1v) is 8.44. The molecule has 5 nitrogen and oxygen atoms in total. The van der Waals surface area contributed by atoms with Crippen molar-refractivity contribution in [1.29, 1.82) is 0 Å². The zero-order valence-electron chi connectivity index (χ0n) is 14.4. The van der Waals surface area contributed by atoms with Crippen LogP contribution in [0, 0.1) is 6.92 Å². The van der Waals surface area contributed by atoms with Crippen molar-refractivity contribution in [2.75, 3.05) is 5.32 Å². The van der Waals surface area contributed by atoms with Crippen LogP contribution in [0.2, 0.25) is 0 Å². The fraction of sp³-hybridized carbons (Fsp3) is 0.0952. The van der Waals surface area contributed by atoms with E-state index in [-0.39, 0.29) is 5.91 Å². The number of benzene rings is 2. The van der Waals surface area contributed by atoms with Crippen LogP contribution >= 0.6 is 0 Å². The average molecular weight is 342 g/mol. The largest absolute Gasteiger partial charge is 0.326 e. The third kappa shape index (κ3) is 3.19. The molecule has 2 heterocycles. The van der Waals surface area contributed by atoms with Gasteiger partial charge in [0.05, 0.1) is 12.1 Å². The van der Waals surface area contributed by atoms with Crippen LogP contribution in [0.15, 0.2) is 73.1 Å². The number of nitrogens with zero attached hydrogens (tertiary/aromatic N) is 3. The minimum absolute atomic E-state index is 0.0401. The summed E-state index contributed by atoms with van der Waals surface area (Å²) < 4.78 is 1.95. The molecule has 26 heavy (non-hydrogen) atoms. The van der Waals surface area contributed by atoms with E-state index in [9.17, 15) is 4.79 Å². The Morgan fingerprint density at radius 2 is 1.92 bits per heavy atom. The molecule has 128 valence electrons. The summed E-state index contributed by atoms with van der Waals surface area (Å²) in [5.74, 6) is 0.625. The molecule has 2 aromatic carbocycles. The molecule has 0 fully saturated rings. The third-order valence-corrected chi connectivity index (χ3v) is 4.27. The van der Waals surface area contributed by atoms with E-state index in [0.717, 1.165) is 28.2 Å². The summed E-state index contributed by atoms with van der Waals surface area (Å²) in [6.07, 6.45) is 4.02. The minimum Gasteiger partial charge on any atom is -0.326 e. The molecule has 1 N–H and O–H groups in total. The van der Waals surface area contributed by atoms with Crippen molar-refractivity contribution in [2.45, 2.75) is 13.3 Å². The molecule has 0 radical (unpaired) electrons. The summed E-state index contributed by atoms with van der Waals surface area (Å²) in [6, 6.07) is 19.3. The number of rotatable bonds is 4. The Balaban J connectivity index is 1.58. The van der Waals surface area contributed by atoms with Gasteiger partial charge in [0.25, 0.3) is 0 Å². The lowest BCUT2D eigenvalue weighted by molar-refractivity contribution is -0.115. The van der Waals surface area contributed by atoms with Crippen molar-refractivity contribution < 1.29 is 4.79 Å². The molecule has 0 saturated heterocycles. The number of carbonyl (C=O) groups excluding carboxylic acids is 1. The second kappa shape index (κ2) is 6.80. The van der Waals surface area contributed by atoms with Crippen molar-refractivity contribution in [1.82, 2.24) is 14.4 Å². The lowest BCUT2D eigenvalue weighted by Gasteiger charge is -2.07. The minimum atomic E-state index is -0.0401. The SMILES string of the molecule is Cc1c(-c2cccc(NC(=O)Cc3ccccc3)c2)nc2ncccn12. The second-order valence-electron chi connectivity index (χ2n) is 6.13. The Hall–Kier alpha value is -3.47. The molecule has 5 heteroatoms. The average Bonchev–Trinajstić information content (AvgIpc) is 3.00. The smallest absolute Gasteiger partial charge is 0.234 e. The van der Waals surface area contributed by atoms with E-state index in [1.165, 1.54) is 0 Å². The number of amides is 1. The molecule has 2 aromatic heterocycles. The number of anilines is 1. The first-order chi connectivity index (χ1) is 12.7. The van der Waals surface area contributed by atoms with Gasteiger partial charge in [0.15, 0.2) is 0 Å². The van der Waals surface area contributed by atoms with Crippen molar-refractivity contribution in [3.8, 4) is 11.3 Å². The third-order valence-electron chi connectivity index (χ3n) is 4.27.